The maximum Gasteiger partial charge on any atom is 0.341 e. The molecule has 9 nitrogen and oxygen atoms in total. The SMILES string of the molecule is CCN(CC)C(=O)Nc1c(C/C=C(\C)CC(CCN2CCCCC2)C(=O)O)c(OC)c(C)c2c1C(=O)OC2. The summed E-state index contributed by atoms with van der Waals surface area (Å²) in [4.78, 5) is 41.8. The average Bonchev–Trinajstić information content (AvgIpc) is 3.29. The first kappa shape index (κ1) is 29.5. The number of methoxy groups -OCH3 is 1. The molecule has 210 valence electrons. The Morgan fingerprint density at radius 2 is 1.89 bits per heavy atom. The monoisotopic (exact) mass is 529 g/mol. The molecule has 0 spiro atoms. The minimum absolute atomic E-state index is 0.136. The first-order chi connectivity index (χ1) is 18.2. The fourth-order valence-corrected chi connectivity index (χ4v) is 5.47. The molecular formula is C29H43N3O6. The Kier molecular flexibility index (Phi) is 10.6. The van der Waals surface area contributed by atoms with Crippen LogP contribution in [0.4, 0.5) is 10.5 Å². The molecule has 0 saturated carbocycles. The lowest BCUT2D eigenvalue weighted by Crippen LogP contribution is -2.35. The van der Waals surface area contributed by atoms with Crippen LogP contribution in [0.15, 0.2) is 11.6 Å². The Labute approximate surface area is 226 Å². The molecule has 3 rings (SSSR count). The summed E-state index contributed by atoms with van der Waals surface area (Å²) in [5, 5.41) is 12.8. The Morgan fingerprint density at radius 1 is 1.21 bits per heavy atom. The number of amides is 2. The lowest BCUT2D eigenvalue weighted by Gasteiger charge is -2.27. The van der Waals surface area contributed by atoms with Gasteiger partial charge in [-0.3, -0.25) is 4.79 Å². The molecule has 1 saturated heterocycles. The number of nitrogens with one attached hydrogen (secondary N) is 1. The summed E-state index contributed by atoms with van der Waals surface area (Å²) < 4.78 is 11.1. The van der Waals surface area contributed by atoms with Gasteiger partial charge in [0.2, 0.25) is 0 Å². The van der Waals surface area contributed by atoms with Crippen molar-refractivity contribution >= 4 is 23.7 Å². The molecule has 2 N–H and O–H groups in total. The number of esters is 1. The van der Waals surface area contributed by atoms with E-state index in [-0.39, 0.29) is 12.6 Å². The van der Waals surface area contributed by atoms with Crippen molar-refractivity contribution in [2.75, 3.05) is 45.2 Å². The van der Waals surface area contributed by atoms with Crippen molar-refractivity contribution < 1.29 is 29.0 Å². The van der Waals surface area contributed by atoms with Crippen LogP contribution < -0.4 is 10.1 Å². The number of aliphatic carboxylic acids is 1. The number of anilines is 1. The van der Waals surface area contributed by atoms with Crippen LogP contribution in [0.1, 0.15) is 79.9 Å². The zero-order valence-corrected chi connectivity index (χ0v) is 23.5. The van der Waals surface area contributed by atoms with Crippen LogP contribution in [0.25, 0.3) is 0 Å². The van der Waals surface area contributed by atoms with Crippen LogP contribution in [0.2, 0.25) is 0 Å². The molecule has 0 aromatic heterocycles. The van der Waals surface area contributed by atoms with Crippen LogP contribution in [0.5, 0.6) is 5.75 Å². The number of urea groups is 1. The molecule has 2 aliphatic heterocycles. The molecule has 38 heavy (non-hydrogen) atoms. The molecule has 2 heterocycles. The zero-order chi connectivity index (χ0) is 27.8. The smallest absolute Gasteiger partial charge is 0.341 e. The van der Waals surface area contributed by atoms with Crippen LogP contribution >= 0.6 is 0 Å². The Bertz CT molecular complexity index is 1060. The molecule has 1 atom stereocenters. The fraction of sp³-hybridized carbons (Fsp3) is 0.621. The maximum atomic E-state index is 13.0. The number of carboxylic acid groups (broad SMARTS) is 1. The predicted octanol–water partition coefficient (Wildman–Crippen LogP) is 5.00. The van der Waals surface area contributed by atoms with Crippen LogP contribution in [0.3, 0.4) is 0 Å². The summed E-state index contributed by atoms with van der Waals surface area (Å²) in [6.07, 6.45) is 7.02. The topological polar surface area (TPSA) is 108 Å². The number of carboxylic acids is 1. The summed E-state index contributed by atoms with van der Waals surface area (Å²) in [6, 6.07) is -0.298. The van der Waals surface area contributed by atoms with E-state index in [0.717, 1.165) is 36.3 Å². The molecule has 1 fully saturated rings. The van der Waals surface area contributed by atoms with E-state index in [9.17, 15) is 19.5 Å². The van der Waals surface area contributed by atoms with Gasteiger partial charge in [0.1, 0.15) is 12.4 Å². The zero-order valence-electron chi connectivity index (χ0n) is 23.5. The first-order valence-corrected chi connectivity index (χ1v) is 13.8. The Balaban J connectivity index is 1.87. The molecule has 0 aliphatic carbocycles. The van der Waals surface area contributed by atoms with E-state index in [1.165, 1.54) is 19.3 Å². The van der Waals surface area contributed by atoms with Gasteiger partial charge < -0.3 is 29.7 Å². The van der Waals surface area contributed by atoms with Gasteiger partial charge in [0.15, 0.2) is 0 Å². The molecule has 1 aromatic rings. The van der Waals surface area contributed by atoms with E-state index in [4.69, 9.17) is 9.47 Å². The number of piperidine rings is 1. The molecule has 1 unspecified atom stereocenters. The van der Waals surface area contributed by atoms with Gasteiger partial charge in [0.25, 0.3) is 0 Å². The van der Waals surface area contributed by atoms with Gasteiger partial charge in [-0.25, -0.2) is 9.59 Å². The number of carbonyl (C=O) groups is 3. The minimum atomic E-state index is -0.782. The lowest BCUT2D eigenvalue weighted by molar-refractivity contribution is -0.142. The first-order valence-electron chi connectivity index (χ1n) is 13.8. The summed E-state index contributed by atoms with van der Waals surface area (Å²) >= 11 is 0. The van der Waals surface area contributed by atoms with Gasteiger partial charge in [0.05, 0.1) is 24.3 Å². The van der Waals surface area contributed by atoms with Gasteiger partial charge in [-0.1, -0.05) is 18.1 Å². The minimum Gasteiger partial charge on any atom is -0.496 e. The van der Waals surface area contributed by atoms with Crippen molar-refractivity contribution in [3.63, 3.8) is 0 Å². The molecule has 2 amide bonds. The number of cyclic esters (lactones) is 1. The van der Waals surface area contributed by atoms with Gasteiger partial charge >= 0.3 is 18.0 Å². The van der Waals surface area contributed by atoms with Crippen molar-refractivity contribution in [3.05, 3.63) is 33.9 Å². The third kappa shape index (κ3) is 6.87. The number of hydrogen-bond acceptors (Lipinski definition) is 6. The largest absolute Gasteiger partial charge is 0.496 e. The quantitative estimate of drug-likeness (QED) is 0.290. The molecule has 2 aliphatic rings. The highest BCUT2D eigenvalue weighted by Gasteiger charge is 2.33. The summed E-state index contributed by atoms with van der Waals surface area (Å²) in [7, 11) is 1.57. The van der Waals surface area contributed by atoms with Crippen molar-refractivity contribution in [1.82, 2.24) is 9.80 Å². The number of likely N-dealkylation sites (tertiary alicyclic amines) is 1. The van der Waals surface area contributed by atoms with Crippen LogP contribution in [-0.2, 0) is 22.6 Å². The molecular weight excluding hydrogens is 486 g/mol. The number of carbonyl (C=O) groups excluding carboxylic acids is 2. The number of ether oxygens (including phenoxy) is 2. The lowest BCUT2D eigenvalue weighted by atomic mass is 9.92. The highest BCUT2D eigenvalue weighted by Crippen LogP contribution is 2.41. The van der Waals surface area contributed by atoms with Crippen molar-refractivity contribution in [2.24, 2.45) is 5.92 Å². The number of hydrogen-bond donors (Lipinski definition) is 2. The van der Waals surface area contributed by atoms with E-state index < -0.39 is 17.9 Å². The van der Waals surface area contributed by atoms with E-state index in [1.54, 1.807) is 12.0 Å². The molecule has 1 aromatic carbocycles. The van der Waals surface area contributed by atoms with Crippen molar-refractivity contribution in [2.45, 2.75) is 72.8 Å². The number of allylic oxidation sites excluding steroid dienone is 2. The third-order valence-corrected chi connectivity index (χ3v) is 7.77. The third-order valence-electron chi connectivity index (χ3n) is 7.77. The summed E-state index contributed by atoms with van der Waals surface area (Å²) in [6.45, 7) is 11.7. The second kappa shape index (κ2) is 13.6. The highest BCUT2D eigenvalue weighted by molar-refractivity contribution is 6.05. The van der Waals surface area contributed by atoms with Gasteiger partial charge in [-0.2, -0.15) is 0 Å². The highest BCUT2D eigenvalue weighted by atomic mass is 16.5. The summed E-state index contributed by atoms with van der Waals surface area (Å²) in [5.41, 5.74) is 3.93. The average molecular weight is 530 g/mol. The summed E-state index contributed by atoms with van der Waals surface area (Å²) in [5.74, 6) is -1.11. The Morgan fingerprint density at radius 3 is 2.50 bits per heavy atom. The second-order valence-electron chi connectivity index (χ2n) is 10.2. The van der Waals surface area contributed by atoms with E-state index in [1.807, 2.05) is 33.8 Å². The van der Waals surface area contributed by atoms with E-state index in [0.29, 0.717) is 54.9 Å². The van der Waals surface area contributed by atoms with Crippen molar-refractivity contribution in [3.8, 4) is 5.75 Å². The van der Waals surface area contributed by atoms with Gasteiger partial charge in [0, 0.05) is 24.2 Å². The van der Waals surface area contributed by atoms with Crippen LogP contribution in [0, 0.1) is 12.8 Å². The van der Waals surface area contributed by atoms with Crippen LogP contribution in [-0.4, -0.2) is 72.7 Å². The van der Waals surface area contributed by atoms with E-state index >= 15 is 0 Å². The normalized spacial score (nSPS) is 16.6. The van der Waals surface area contributed by atoms with Gasteiger partial charge in [-0.05, 0) is 85.0 Å². The number of rotatable bonds is 12. The standard InChI is InChI=1S/C29H43N3O6/c1-6-32(7-2)29(36)30-25-22(26(37-5)20(4)23-18-38-28(35)24(23)25)12-11-19(3)17-21(27(33)34)13-16-31-14-9-8-10-15-31/h11,21H,6-10,12-18H2,1-5H3,(H,30,36)(H,33,34)/b19-11+. The Hall–Kier alpha value is -3.07. The fourth-order valence-electron chi connectivity index (χ4n) is 5.47. The second-order valence-corrected chi connectivity index (χ2v) is 10.2. The molecule has 0 bridgehead atoms. The molecule has 9 heteroatoms. The molecule has 0 radical (unpaired) electrons. The van der Waals surface area contributed by atoms with Gasteiger partial charge in [-0.15, -0.1) is 0 Å². The van der Waals surface area contributed by atoms with Crippen molar-refractivity contribution in [1.29, 1.82) is 0 Å². The van der Waals surface area contributed by atoms with E-state index in [2.05, 4.69) is 10.2 Å². The number of benzene rings is 1. The number of nitrogens with zero attached hydrogens (tertiary/aromatic N) is 2. The maximum absolute atomic E-state index is 13.0. The number of fused-ring (bicyclic) bond motifs is 1. The predicted molar refractivity (Wildman–Crippen MR) is 147 cm³/mol.